The van der Waals surface area contributed by atoms with E-state index in [-0.39, 0.29) is 10.9 Å². The Morgan fingerprint density at radius 3 is 2.72 bits per heavy atom. The highest BCUT2D eigenvalue weighted by Gasteiger charge is 2.45. The highest BCUT2D eigenvalue weighted by molar-refractivity contribution is 6.31. The van der Waals surface area contributed by atoms with Crippen LogP contribution in [0.1, 0.15) is 11.8 Å². The van der Waals surface area contributed by atoms with Crippen molar-refractivity contribution in [2.45, 2.75) is 31.2 Å². The van der Waals surface area contributed by atoms with Gasteiger partial charge >= 0.3 is 0 Å². The van der Waals surface area contributed by atoms with E-state index in [0.717, 1.165) is 5.56 Å². The van der Waals surface area contributed by atoms with Crippen LogP contribution in [0.3, 0.4) is 0 Å². The molecule has 0 spiro atoms. The molecule has 1 fully saturated rings. The lowest BCUT2D eigenvalue weighted by molar-refractivity contribution is -0.0459. The number of hydrogen-bond acceptors (Lipinski definition) is 7. The first kappa shape index (κ1) is 20.2. The molecule has 0 amide bonds. The Morgan fingerprint density at radius 1 is 1.28 bits per heavy atom. The fourth-order valence-corrected chi connectivity index (χ4v) is 3.72. The van der Waals surface area contributed by atoms with E-state index in [2.05, 4.69) is 15.0 Å². The van der Waals surface area contributed by atoms with Crippen LogP contribution in [0.5, 0.6) is 0 Å². The lowest BCUT2D eigenvalue weighted by Gasteiger charge is -2.20. The van der Waals surface area contributed by atoms with Gasteiger partial charge < -0.3 is 19.8 Å². The van der Waals surface area contributed by atoms with Gasteiger partial charge in [-0.05, 0) is 23.2 Å². The zero-order chi connectivity index (χ0) is 20.7. The predicted octanol–water partition coefficient (Wildman–Crippen LogP) is 2.36. The van der Waals surface area contributed by atoms with E-state index >= 15 is 0 Å². The van der Waals surface area contributed by atoms with E-state index in [9.17, 15) is 14.6 Å². The molecule has 2 aromatic heterocycles. The summed E-state index contributed by atoms with van der Waals surface area (Å²) in [6.07, 6.45) is -4.09. The molecule has 0 aliphatic carbocycles. The second-order valence-corrected chi connectivity index (χ2v) is 7.52. The number of aliphatic hydroxyl groups excluding tert-OH is 2. The van der Waals surface area contributed by atoms with Crippen LogP contribution in [0.4, 0.5) is 10.2 Å². The number of imidazole rings is 1. The van der Waals surface area contributed by atoms with Gasteiger partial charge in [-0.25, -0.2) is 9.37 Å². The topological polar surface area (TPSA) is 96.5 Å². The number of anilines is 1. The van der Waals surface area contributed by atoms with Crippen molar-refractivity contribution in [3.63, 3.8) is 0 Å². The van der Waals surface area contributed by atoms with Crippen molar-refractivity contribution in [2.75, 3.05) is 18.6 Å². The average molecular weight is 442 g/mol. The van der Waals surface area contributed by atoms with Crippen LogP contribution in [-0.2, 0) is 11.3 Å². The normalized spacial score (nSPS) is 24.3. The number of hydrogen-bond donors (Lipinski definition) is 2. The molecule has 1 aliphatic heterocycles. The summed E-state index contributed by atoms with van der Waals surface area (Å²) in [4.78, 5) is 14.6. The maximum atomic E-state index is 14.6. The Morgan fingerprint density at radius 2 is 2.03 bits per heavy atom. The minimum absolute atomic E-state index is 0.0482. The van der Waals surface area contributed by atoms with Crippen LogP contribution in [-0.4, -0.2) is 61.8 Å². The summed E-state index contributed by atoms with van der Waals surface area (Å²) in [6, 6.07) is 7.42. The Hall–Kier alpha value is -2.04. The lowest BCUT2D eigenvalue weighted by atomic mass is 10.1. The fraction of sp³-hybridized carbons (Fsp3) is 0.389. The molecule has 29 heavy (non-hydrogen) atoms. The number of ether oxygens (including phenoxy) is 1. The van der Waals surface area contributed by atoms with Crippen LogP contribution in [0, 0.1) is 0 Å². The summed E-state index contributed by atoms with van der Waals surface area (Å²) in [5, 5.41) is 19.7. The van der Waals surface area contributed by atoms with Gasteiger partial charge in [0, 0.05) is 18.6 Å². The van der Waals surface area contributed by atoms with Crippen molar-refractivity contribution in [1.29, 1.82) is 0 Å². The third-order valence-electron chi connectivity index (χ3n) is 4.85. The maximum absolute atomic E-state index is 14.6. The quantitative estimate of drug-likeness (QED) is 0.586. The van der Waals surface area contributed by atoms with Crippen molar-refractivity contribution in [3.8, 4) is 0 Å². The third-order valence-corrected chi connectivity index (χ3v) is 5.39. The first-order valence-electron chi connectivity index (χ1n) is 8.83. The number of fused-ring (bicyclic) bond motifs is 1. The van der Waals surface area contributed by atoms with Crippen molar-refractivity contribution >= 4 is 40.2 Å². The number of halogens is 3. The van der Waals surface area contributed by atoms with E-state index in [0.29, 0.717) is 22.9 Å². The molecule has 154 valence electrons. The van der Waals surface area contributed by atoms with Crippen molar-refractivity contribution in [1.82, 2.24) is 19.5 Å². The molecule has 3 aromatic rings. The Balaban J connectivity index is 1.71. The smallest absolute Gasteiger partial charge is 0.226 e. The van der Waals surface area contributed by atoms with E-state index in [1.807, 2.05) is 23.1 Å². The van der Waals surface area contributed by atoms with Crippen LogP contribution >= 0.6 is 23.2 Å². The van der Waals surface area contributed by atoms with E-state index in [4.69, 9.17) is 27.9 Å². The summed E-state index contributed by atoms with van der Waals surface area (Å²) in [6.45, 7) is -0.0712. The summed E-state index contributed by atoms with van der Waals surface area (Å²) < 4.78 is 21.4. The van der Waals surface area contributed by atoms with Gasteiger partial charge in [0.1, 0.15) is 12.2 Å². The predicted molar refractivity (Wildman–Crippen MR) is 106 cm³/mol. The van der Waals surface area contributed by atoms with Gasteiger partial charge in [-0.1, -0.05) is 29.8 Å². The Kier molecular flexibility index (Phi) is 5.58. The van der Waals surface area contributed by atoms with Crippen LogP contribution in [0.2, 0.25) is 10.3 Å². The monoisotopic (exact) mass is 441 g/mol. The molecule has 3 heterocycles. The van der Waals surface area contributed by atoms with Gasteiger partial charge in [-0.15, -0.1) is 0 Å². The molecule has 0 unspecified atom stereocenters. The number of alkyl halides is 1. The van der Waals surface area contributed by atoms with E-state index in [1.54, 1.807) is 13.1 Å². The van der Waals surface area contributed by atoms with Gasteiger partial charge in [0.05, 0.1) is 12.9 Å². The molecule has 4 atom stereocenters. The molecule has 2 N–H and O–H groups in total. The van der Waals surface area contributed by atoms with E-state index in [1.165, 1.54) is 10.9 Å². The first-order valence-corrected chi connectivity index (χ1v) is 9.59. The minimum atomic E-state index is -1.76. The lowest BCUT2D eigenvalue weighted by Crippen LogP contribution is -2.30. The van der Waals surface area contributed by atoms with Gasteiger partial charge in [0.2, 0.25) is 5.28 Å². The molecule has 4 rings (SSSR count). The Labute approximate surface area is 175 Å². The highest BCUT2D eigenvalue weighted by atomic mass is 35.5. The summed E-state index contributed by atoms with van der Waals surface area (Å²) in [7, 11) is 1.80. The van der Waals surface area contributed by atoms with Crippen molar-refractivity contribution < 1.29 is 19.3 Å². The van der Waals surface area contributed by atoms with Crippen molar-refractivity contribution in [3.05, 3.63) is 46.5 Å². The van der Waals surface area contributed by atoms with Gasteiger partial charge in [0.15, 0.2) is 29.4 Å². The minimum Gasteiger partial charge on any atom is -0.394 e. The van der Waals surface area contributed by atoms with Gasteiger partial charge in [0.25, 0.3) is 0 Å². The summed E-state index contributed by atoms with van der Waals surface area (Å²) in [5.41, 5.74) is 1.53. The van der Waals surface area contributed by atoms with Gasteiger partial charge in [-0.2, -0.15) is 9.97 Å². The average Bonchev–Trinajstić information content (AvgIpc) is 3.24. The van der Waals surface area contributed by atoms with Crippen LogP contribution in [0.15, 0.2) is 30.6 Å². The number of aromatic nitrogens is 4. The summed E-state index contributed by atoms with van der Waals surface area (Å²) >= 11 is 12.4. The second-order valence-electron chi connectivity index (χ2n) is 6.77. The molecule has 1 aliphatic rings. The first-order chi connectivity index (χ1) is 13.9. The van der Waals surface area contributed by atoms with Crippen LogP contribution < -0.4 is 4.90 Å². The largest absolute Gasteiger partial charge is 0.394 e. The third kappa shape index (κ3) is 3.64. The highest BCUT2D eigenvalue weighted by Crippen LogP contribution is 2.35. The maximum Gasteiger partial charge on any atom is 0.226 e. The molecule has 1 saturated heterocycles. The molecule has 1 aromatic carbocycles. The standard InChI is InChI=1S/C18H18Cl2FN5O3/c1-25(6-9-4-2-3-5-10(9)19)15-13-16(24-18(20)23-15)26(8-22-13)17-12(21)14(28)11(7-27)29-17/h2-5,8,11-12,14,17,27-28H,6-7H2,1H3/t11-,12+,14-,17-/m1/s1. The zero-order valence-electron chi connectivity index (χ0n) is 15.3. The number of rotatable bonds is 5. The molecular formula is C18H18Cl2FN5O3. The fourth-order valence-electron chi connectivity index (χ4n) is 3.36. The zero-order valence-corrected chi connectivity index (χ0v) is 16.8. The molecule has 0 saturated carbocycles. The van der Waals surface area contributed by atoms with Crippen molar-refractivity contribution in [2.24, 2.45) is 0 Å². The molecule has 0 bridgehead atoms. The number of benzene rings is 1. The van der Waals surface area contributed by atoms with Gasteiger partial charge in [-0.3, -0.25) is 4.57 Å². The molecule has 8 nitrogen and oxygen atoms in total. The second kappa shape index (κ2) is 8.00. The van der Waals surface area contributed by atoms with E-state index < -0.39 is 31.2 Å². The summed E-state index contributed by atoms with van der Waals surface area (Å²) in [5.74, 6) is 0.436. The van der Waals surface area contributed by atoms with Crippen LogP contribution in [0.25, 0.3) is 11.2 Å². The Bertz CT molecular complexity index is 1040. The number of nitrogens with zero attached hydrogens (tertiary/aromatic N) is 5. The number of aliphatic hydroxyl groups is 2. The molecular weight excluding hydrogens is 424 g/mol. The molecule has 0 radical (unpaired) electrons. The SMILES string of the molecule is CN(Cc1ccccc1Cl)c1nc(Cl)nc2c1ncn2[C@@H]1O[C@H](CO)[C@@H](O)[C@@H]1F. The molecule has 11 heteroatoms.